The van der Waals surface area contributed by atoms with Crippen LogP contribution in [0.15, 0.2) is 36.4 Å². The Morgan fingerprint density at radius 2 is 1.72 bits per heavy atom. The van der Waals surface area contributed by atoms with Gasteiger partial charge in [0.25, 0.3) is 0 Å². The summed E-state index contributed by atoms with van der Waals surface area (Å²) in [6.45, 7) is 0. The Labute approximate surface area is 103 Å². The summed E-state index contributed by atoms with van der Waals surface area (Å²) in [7, 11) is 1.36. The van der Waals surface area contributed by atoms with Crippen molar-refractivity contribution < 1.29 is 13.5 Å². The van der Waals surface area contributed by atoms with Crippen LogP contribution in [0.4, 0.5) is 8.78 Å². The van der Waals surface area contributed by atoms with Gasteiger partial charge in [-0.1, -0.05) is 12.1 Å². The van der Waals surface area contributed by atoms with E-state index in [-0.39, 0.29) is 17.1 Å². The molecule has 2 rings (SSSR count). The molecule has 0 aliphatic rings. The topological polar surface area (TPSA) is 33.0 Å². The molecule has 0 spiro atoms. The average Bonchev–Trinajstić information content (AvgIpc) is 2.39. The maximum Gasteiger partial charge on any atom is 0.147 e. The molecule has 0 unspecified atom stereocenters. The Bertz CT molecular complexity index is 615. The molecule has 0 bridgehead atoms. The fourth-order valence-corrected chi connectivity index (χ4v) is 1.73. The molecular weight excluding hydrogens is 236 g/mol. The van der Waals surface area contributed by atoms with Crippen LogP contribution in [0.2, 0.25) is 0 Å². The van der Waals surface area contributed by atoms with Gasteiger partial charge in [0.05, 0.1) is 7.11 Å². The lowest BCUT2D eigenvalue weighted by molar-refractivity contribution is 0.411. The second kappa shape index (κ2) is 4.84. The van der Waals surface area contributed by atoms with E-state index in [0.717, 1.165) is 0 Å². The molecule has 0 radical (unpaired) electrons. The maximum absolute atomic E-state index is 13.4. The van der Waals surface area contributed by atoms with E-state index in [9.17, 15) is 8.78 Å². The van der Waals surface area contributed by atoms with Crippen LogP contribution in [-0.4, -0.2) is 7.11 Å². The van der Waals surface area contributed by atoms with Crippen LogP contribution in [0, 0.1) is 23.0 Å². The number of hydrogen-bond acceptors (Lipinski definition) is 2. The van der Waals surface area contributed by atoms with Crippen molar-refractivity contribution in [2.24, 2.45) is 0 Å². The van der Waals surface area contributed by atoms with Crippen molar-refractivity contribution in [3.05, 3.63) is 53.6 Å². The monoisotopic (exact) mass is 245 g/mol. The standard InChI is InChI=1S/C14H9F2NO/c1-18-14-11(6-7-13(16)12(14)8-17)9-2-4-10(15)5-3-9/h2-7H,1H3. The van der Waals surface area contributed by atoms with Crippen molar-refractivity contribution >= 4 is 0 Å². The number of nitriles is 1. The maximum atomic E-state index is 13.4. The normalized spacial score (nSPS) is 9.89. The van der Waals surface area contributed by atoms with Gasteiger partial charge in [0.1, 0.15) is 29.0 Å². The zero-order chi connectivity index (χ0) is 13.1. The van der Waals surface area contributed by atoms with E-state index in [2.05, 4.69) is 0 Å². The highest BCUT2D eigenvalue weighted by Gasteiger charge is 2.15. The highest BCUT2D eigenvalue weighted by Crippen LogP contribution is 2.34. The fourth-order valence-electron chi connectivity index (χ4n) is 1.73. The molecule has 2 aromatic carbocycles. The first kappa shape index (κ1) is 12.1. The molecule has 0 atom stereocenters. The molecule has 18 heavy (non-hydrogen) atoms. The van der Waals surface area contributed by atoms with Crippen molar-refractivity contribution in [1.29, 1.82) is 5.26 Å². The van der Waals surface area contributed by atoms with Crippen LogP contribution in [0.25, 0.3) is 11.1 Å². The van der Waals surface area contributed by atoms with Crippen molar-refractivity contribution in [3.63, 3.8) is 0 Å². The first-order valence-electron chi connectivity index (χ1n) is 5.20. The zero-order valence-electron chi connectivity index (χ0n) is 9.58. The van der Waals surface area contributed by atoms with Crippen LogP contribution in [0.3, 0.4) is 0 Å². The second-order valence-electron chi connectivity index (χ2n) is 3.62. The highest BCUT2D eigenvalue weighted by molar-refractivity contribution is 5.73. The number of rotatable bonds is 2. The van der Waals surface area contributed by atoms with Gasteiger partial charge in [0.2, 0.25) is 0 Å². The zero-order valence-corrected chi connectivity index (χ0v) is 9.58. The lowest BCUT2D eigenvalue weighted by Gasteiger charge is -2.10. The van der Waals surface area contributed by atoms with E-state index in [1.54, 1.807) is 18.2 Å². The van der Waals surface area contributed by atoms with Crippen molar-refractivity contribution in [3.8, 4) is 22.9 Å². The van der Waals surface area contributed by atoms with Gasteiger partial charge in [0.15, 0.2) is 0 Å². The average molecular weight is 245 g/mol. The van der Waals surface area contributed by atoms with Gasteiger partial charge in [0, 0.05) is 5.56 Å². The number of halogens is 2. The van der Waals surface area contributed by atoms with Gasteiger partial charge in [-0.25, -0.2) is 8.78 Å². The lowest BCUT2D eigenvalue weighted by Crippen LogP contribution is -1.95. The molecular formula is C14H9F2NO. The fraction of sp³-hybridized carbons (Fsp3) is 0.0714. The van der Waals surface area contributed by atoms with Crippen molar-refractivity contribution in [2.45, 2.75) is 0 Å². The summed E-state index contributed by atoms with van der Waals surface area (Å²) in [5, 5.41) is 8.92. The number of benzene rings is 2. The molecule has 2 nitrogen and oxygen atoms in total. The molecule has 0 fully saturated rings. The van der Waals surface area contributed by atoms with E-state index in [4.69, 9.17) is 10.00 Å². The summed E-state index contributed by atoms with van der Waals surface area (Å²) >= 11 is 0. The molecule has 0 aliphatic heterocycles. The molecule has 90 valence electrons. The highest BCUT2D eigenvalue weighted by atomic mass is 19.1. The van der Waals surface area contributed by atoms with Crippen molar-refractivity contribution in [1.82, 2.24) is 0 Å². The Morgan fingerprint density at radius 3 is 2.28 bits per heavy atom. The minimum atomic E-state index is -0.639. The molecule has 0 amide bonds. The third-order valence-electron chi connectivity index (χ3n) is 2.58. The summed E-state index contributed by atoms with van der Waals surface area (Å²) in [6.07, 6.45) is 0. The van der Waals surface area contributed by atoms with Gasteiger partial charge in [-0.2, -0.15) is 5.26 Å². The number of methoxy groups -OCH3 is 1. The van der Waals surface area contributed by atoms with Crippen LogP contribution < -0.4 is 4.74 Å². The third-order valence-corrected chi connectivity index (χ3v) is 2.58. The van der Waals surface area contributed by atoms with Crippen molar-refractivity contribution in [2.75, 3.05) is 7.11 Å². The summed E-state index contributed by atoms with van der Waals surface area (Å²) in [5.41, 5.74) is 1.06. The summed E-state index contributed by atoms with van der Waals surface area (Å²) < 4.78 is 31.4. The van der Waals surface area contributed by atoms with E-state index in [1.165, 1.54) is 31.4 Å². The first-order valence-corrected chi connectivity index (χ1v) is 5.20. The molecule has 0 aromatic heterocycles. The summed E-state index contributed by atoms with van der Waals surface area (Å²) in [5.74, 6) is -0.843. The summed E-state index contributed by atoms with van der Waals surface area (Å²) in [6, 6.07) is 10.1. The SMILES string of the molecule is COc1c(-c2ccc(F)cc2)ccc(F)c1C#N. The Kier molecular flexibility index (Phi) is 3.24. The van der Waals surface area contributed by atoms with Gasteiger partial charge < -0.3 is 4.74 Å². The van der Waals surface area contributed by atoms with E-state index in [1.807, 2.05) is 0 Å². The molecule has 0 saturated heterocycles. The number of nitrogens with zero attached hydrogens (tertiary/aromatic N) is 1. The van der Waals surface area contributed by atoms with Gasteiger partial charge in [-0.3, -0.25) is 0 Å². The number of hydrogen-bond donors (Lipinski definition) is 0. The van der Waals surface area contributed by atoms with Crippen LogP contribution in [0.1, 0.15) is 5.56 Å². The van der Waals surface area contributed by atoms with Gasteiger partial charge >= 0.3 is 0 Å². The predicted molar refractivity (Wildman–Crippen MR) is 63.1 cm³/mol. The largest absolute Gasteiger partial charge is 0.495 e. The predicted octanol–water partition coefficient (Wildman–Crippen LogP) is 3.51. The van der Waals surface area contributed by atoms with E-state index < -0.39 is 5.82 Å². The Morgan fingerprint density at radius 1 is 1.06 bits per heavy atom. The molecule has 4 heteroatoms. The molecule has 0 aliphatic carbocycles. The lowest BCUT2D eigenvalue weighted by atomic mass is 10.0. The van der Waals surface area contributed by atoms with Gasteiger partial charge in [-0.15, -0.1) is 0 Å². The Hall–Kier alpha value is -2.41. The quantitative estimate of drug-likeness (QED) is 0.811. The smallest absolute Gasteiger partial charge is 0.147 e. The molecule has 2 aromatic rings. The summed E-state index contributed by atoms with van der Waals surface area (Å²) in [4.78, 5) is 0. The van der Waals surface area contributed by atoms with Gasteiger partial charge in [-0.05, 0) is 29.8 Å². The van der Waals surface area contributed by atoms with Crippen LogP contribution in [-0.2, 0) is 0 Å². The molecule has 0 N–H and O–H groups in total. The van der Waals surface area contributed by atoms with E-state index in [0.29, 0.717) is 11.1 Å². The minimum Gasteiger partial charge on any atom is -0.495 e. The third kappa shape index (κ3) is 2.03. The van der Waals surface area contributed by atoms with Crippen LogP contribution >= 0.6 is 0 Å². The number of ether oxygens (including phenoxy) is 1. The minimum absolute atomic E-state index is 0.153. The van der Waals surface area contributed by atoms with E-state index >= 15 is 0 Å². The molecule has 0 heterocycles. The Balaban J connectivity index is 2.65. The molecule has 0 saturated carbocycles. The second-order valence-corrected chi connectivity index (χ2v) is 3.62. The van der Waals surface area contributed by atoms with Crippen LogP contribution in [0.5, 0.6) is 5.75 Å². The first-order chi connectivity index (χ1) is 8.67.